The SMILES string of the molecule is NCC(=O)O[C@H]1C[C@H](CO)[C@@H](c2ccccc2)C1. The molecule has 1 aliphatic rings. The van der Waals surface area contributed by atoms with Crippen LogP contribution >= 0.6 is 0 Å². The first-order valence-corrected chi connectivity index (χ1v) is 6.30. The van der Waals surface area contributed by atoms with Crippen molar-refractivity contribution in [1.82, 2.24) is 0 Å². The van der Waals surface area contributed by atoms with Gasteiger partial charge in [-0.2, -0.15) is 0 Å². The molecule has 4 nitrogen and oxygen atoms in total. The van der Waals surface area contributed by atoms with Gasteiger partial charge in [-0.15, -0.1) is 0 Å². The molecule has 1 saturated carbocycles. The van der Waals surface area contributed by atoms with E-state index in [1.54, 1.807) is 0 Å². The fourth-order valence-electron chi connectivity index (χ4n) is 2.71. The molecule has 0 saturated heterocycles. The Morgan fingerprint density at radius 3 is 2.67 bits per heavy atom. The maximum absolute atomic E-state index is 11.2. The van der Waals surface area contributed by atoms with Crippen molar-refractivity contribution in [2.45, 2.75) is 24.9 Å². The first kappa shape index (κ1) is 13.1. The smallest absolute Gasteiger partial charge is 0.319 e. The van der Waals surface area contributed by atoms with Crippen molar-refractivity contribution in [2.24, 2.45) is 11.7 Å². The first-order chi connectivity index (χ1) is 8.74. The number of rotatable bonds is 4. The Balaban J connectivity index is 2.05. The molecule has 0 aromatic heterocycles. The van der Waals surface area contributed by atoms with Gasteiger partial charge in [-0.05, 0) is 30.2 Å². The van der Waals surface area contributed by atoms with Gasteiger partial charge in [0, 0.05) is 6.61 Å². The van der Waals surface area contributed by atoms with Gasteiger partial charge in [-0.3, -0.25) is 4.79 Å². The van der Waals surface area contributed by atoms with E-state index >= 15 is 0 Å². The molecule has 4 heteroatoms. The van der Waals surface area contributed by atoms with Crippen LogP contribution in [-0.2, 0) is 9.53 Å². The van der Waals surface area contributed by atoms with Crippen LogP contribution in [-0.4, -0.2) is 30.3 Å². The Labute approximate surface area is 107 Å². The minimum atomic E-state index is -0.370. The summed E-state index contributed by atoms with van der Waals surface area (Å²) >= 11 is 0. The second-order valence-electron chi connectivity index (χ2n) is 4.75. The van der Waals surface area contributed by atoms with Crippen LogP contribution in [0.4, 0.5) is 0 Å². The number of benzene rings is 1. The van der Waals surface area contributed by atoms with Gasteiger partial charge in [0.25, 0.3) is 0 Å². The number of carbonyl (C=O) groups excluding carboxylic acids is 1. The average Bonchev–Trinajstić information content (AvgIpc) is 2.82. The van der Waals surface area contributed by atoms with Crippen molar-refractivity contribution in [3.8, 4) is 0 Å². The lowest BCUT2D eigenvalue weighted by atomic mass is 9.89. The fourth-order valence-corrected chi connectivity index (χ4v) is 2.71. The summed E-state index contributed by atoms with van der Waals surface area (Å²) in [4.78, 5) is 11.2. The highest BCUT2D eigenvalue weighted by atomic mass is 16.5. The number of ether oxygens (including phenoxy) is 1. The monoisotopic (exact) mass is 249 g/mol. The third-order valence-electron chi connectivity index (χ3n) is 3.58. The van der Waals surface area contributed by atoms with E-state index in [-0.39, 0.29) is 37.1 Å². The first-order valence-electron chi connectivity index (χ1n) is 6.30. The molecule has 0 aliphatic heterocycles. The standard InChI is InChI=1S/C14H19NO3/c15-8-14(17)18-12-6-11(9-16)13(7-12)10-4-2-1-3-5-10/h1-5,11-13,16H,6-9,15H2/t11-,12+,13-/m1/s1. The lowest BCUT2D eigenvalue weighted by molar-refractivity contribution is -0.147. The highest BCUT2D eigenvalue weighted by Gasteiger charge is 2.36. The highest BCUT2D eigenvalue weighted by Crippen LogP contribution is 2.40. The van der Waals surface area contributed by atoms with E-state index in [0.29, 0.717) is 6.42 Å². The molecule has 0 bridgehead atoms. The summed E-state index contributed by atoms with van der Waals surface area (Å²) in [7, 11) is 0. The summed E-state index contributed by atoms with van der Waals surface area (Å²) in [6.07, 6.45) is 1.35. The molecule has 1 fully saturated rings. The molecule has 1 aromatic carbocycles. The van der Waals surface area contributed by atoms with Crippen LogP contribution in [0.5, 0.6) is 0 Å². The molecule has 3 atom stereocenters. The van der Waals surface area contributed by atoms with Crippen molar-refractivity contribution >= 4 is 5.97 Å². The maximum Gasteiger partial charge on any atom is 0.319 e. The lowest BCUT2D eigenvalue weighted by Crippen LogP contribution is -2.22. The van der Waals surface area contributed by atoms with Gasteiger partial charge >= 0.3 is 5.97 Å². The normalized spacial score (nSPS) is 27.1. The van der Waals surface area contributed by atoms with Crippen molar-refractivity contribution in [3.05, 3.63) is 35.9 Å². The molecule has 0 amide bonds. The third kappa shape index (κ3) is 2.89. The number of hydrogen-bond donors (Lipinski definition) is 2. The van der Waals surface area contributed by atoms with Crippen LogP contribution in [0.1, 0.15) is 24.3 Å². The molecule has 0 unspecified atom stereocenters. The van der Waals surface area contributed by atoms with Crippen LogP contribution in [0.2, 0.25) is 0 Å². The summed E-state index contributed by atoms with van der Waals surface area (Å²) in [5.74, 6) is 0.0418. The van der Waals surface area contributed by atoms with Crippen LogP contribution in [0.25, 0.3) is 0 Å². The quantitative estimate of drug-likeness (QED) is 0.782. The molecular weight excluding hydrogens is 230 g/mol. The van der Waals surface area contributed by atoms with Gasteiger partial charge in [-0.25, -0.2) is 0 Å². The lowest BCUT2D eigenvalue weighted by Gasteiger charge is -2.16. The van der Waals surface area contributed by atoms with Crippen molar-refractivity contribution in [1.29, 1.82) is 0 Å². The van der Waals surface area contributed by atoms with Crippen LogP contribution in [0.15, 0.2) is 30.3 Å². The highest BCUT2D eigenvalue weighted by molar-refractivity contribution is 5.71. The van der Waals surface area contributed by atoms with Crippen LogP contribution in [0, 0.1) is 5.92 Å². The minimum absolute atomic E-state index is 0.0870. The van der Waals surface area contributed by atoms with Crippen LogP contribution < -0.4 is 5.73 Å². The van der Waals surface area contributed by atoms with Gasteiger partial charge < -0.3 is 15.6 Å². The second kappa shape index (κ2) is 5.98. The summed E-state index contributed by atoms with van der Waals surface area (Å²) in [6, 6.07) is 10.1. The largest absolute Gasteiger partial charge is 0.461 e. The van der Waals surface area contributed by atoms with E-state index in [2.05, 4.69) is 12.1 Å². The molecule has 2 rings (SSSR count). The number of hydrogen-bond acceptors (Lipinski definition) is 4. The van der Waals surface area contributed by atoms with Crippen molar-refractivity contribution in [3.63, 3.8) is 0 Å². The van der Waals surface area contributed by atoms with Gasteiger partial charge in [0.1, 0.15) is 6.10 Å². The third-order valence-corrected chi connectivity index (χ3v) is 3.58. The summed E-state index contributed by atoms with van der Waals surface area (Å²) in [5.41, 5.74) is 6.44. The fraction of sp³-hybridized carbons (Fsp3) is 0.500. The zero-order chi connectivity index (χ0) is 13.0. The Bertz CT molecular complexity index is 393. The Morgan fingerprint density at radius 2 is 2.06 bits per heavy atom. The van der Waals surface area contributed by atoms with E-state index in [4.69, 9.17) is 10.5 Å². The zero-order valence-corrected chi connectivity index (χ0v) is 10.3. The molecular formula is C14H19NO3. The Kier molecular flexibility index (Phi) is 4.33. The predicted octanol–water partition coefficient (Wildman–Crippen LogP) is 1.04. The van der Waals surface area contributed by atoms with Crippen LogP contribution in [0.3, 0.4) is 0 Å². The molecule has 18 heavy (non-hydrogen) atoms. The number of esters is 1. The van der Waals surface area contributed by atoms with E-state index in [0.717, 1.165) is 6.42 Å². The summed E-state index contributed by atoms with van der Waals surface area (Å²) < 4.78 is 5.27. The average molecular weight is 249 g/mol. The molecule has 1 aliphatic carbocycles. The van der Waals surface area contributed by atoms with E-state index < -0.39 is 0 Å². The van der Waals surface area contributed by atoms with Crippen molar-refractivity contribution < 1.29 is 14.6 Å². The van der Waals surface area contributed by atoms with Gasteiger partial charge in [-0.1, -0.05) is 30.3 Å². The molecule has 0 radical (unpaired) electrons. The number of carbonyl (C=O) groups is 1. The summed E-state index contributed by atoms with van der Waals surface area (Å²) in [6.45, 7) is 0.0343. The molecule has 0 heterocycles. The van der Waals surface area contributed by atoms with E-state index in [1.807, 2.05) is 18.2 Å². The minimum Gasteiger partial charge on any atom is -0.461 e. The zero-order valence-electron chi connectivity index (χ0n) is 10.3. The van der Waals surface area contributed by atoms with E-state index in [9.17, 15) is 9.90 Å². The van der Waals surface area contributed by atoms with Gasteiger partial charge in [0.15, 0.2) is 0 Å². The van der Waals surface area contributed by atoms with Gasteiger partial charge in [0.2, 0.25) is 0 Å². The Morgan fingerprint density at radius 1 is 1.33 bits per heavy atom. The second-order valence-corrected chi connectivity index (χ2v) is 4.75. The molecule has 0 spiro atoms. The Hall–Kier alpha value is -1.39. The summed E-state index contributed by atoms with van der Waals surface area (Å²) in [5, 5.41) is 9.44. The predicted molar refractivity (Wildman–Crippen MR) is 67.9 cm³/mol. The van der Waals surface area contributed by atoms with E-state index in [1.165, 1.54) is 5.56 Å². The number of aliphatic hydroxyl groups is 1. The molecule has 98 valence electrons. The molecule has 1 aromatic rings. The number of aliphatic hydroxyl groups excluding tert-OH is 1. The number of nitrogens with two attached hydrogens (primary N) is 1. The topological polar surface area (TPSA) is 72.6 Å². The van der Waals surface area contributed by atoms with Gasteiger partial charge in [0.05, 0.1) is 6.54 Å². The molecule has 3 N–H and O–H groups in total. The maximum atomic E-state index is 11.2. The van der Waals surface area contributed by atoms with Crippen molar-refractivity contribution in [2.75, 3.05) is 13.2 Å².